The number of nitrogens with zero attached hydrogens (tertiary/aromatic N) is 1. The zero-order chi connectivity index (χ0) is 24.9. The van der Waals surface area contributed by atoms with E-state index in [2.05, 4.69) is 14.4 Å². The molecule has 1 aromatic heterocycles. The third kappa shape index (κ3) is 5.08. The summed E-state index contributed by atoms with van der Waals surface area (Å²) in [5.74, 6) is -6.02. The molecule has 15 heteroatoms. The molecule has 0 unspecified atom stereocenters. The summed E-state index contributed by atoms with van der Waals surface area (Å²) in [5.41, 5.74) is -3.59. The van der Waals surface area contributed by atoms with Crippen molar-refractivity contribution >= 4 is 10.0 Å². The Bertz CT molecular complexity index is 1330. The van der Waals surface area contributed by atoms with E-state index in [0.29, 0.717) is 6.07 Å². The van der Waals surface area contributed by atoms with Crippen molar-refractivity contribution < 1.29 is 52.8 Å². The summed E-state index contributed by atoms with van der Waals surface area (Å²) in [6.07, 6.45) is -10.4. The van der Waals surface area contributed by atoms with Gasteiger partial charge in [0.15, 0.2) is 0 Å². The van der Waals surface area contributed by atoms with Gasteiger partial charge in [-0.15, -0.1) is 13.2 Å². The van der Waals surface area contributed by atoms with Crippen LogP contribution in [-0.2, 0) is 16.2 Å². The Balaban J connectivity index is 2.30. The van der Waals surface area contributed by atoms with Crippen LogP contribution in [0.5, 0.6) is 5.75 Å². The highest BCUT2D eigenvalue weighted by Crippen LogP contribution is 2.45. The number of ether oxygens (including phenoxy) is 1. The summed E-state index contributed by atoms with van der Waals surface area (Å²) in [4.78, 5) is -1.33. The molecular formula is C18H10F8N2O4S. The highest BCUT2D eigenvalue weighted by atomic mass is 32.2. The predicted molar refractivity (Wildman–Crippen MR) is 95.1 cm³/mol. The van der Waals surface area contributed by atoms with Gasteiger partial charge in [0, 0.05) is 11.1 Å². The molecule has 3 aromatic rings. The summed E-state index contributed by atoms with van der Waals surface area (Å²) in [7, 11) is -4.77. The van der Waals surface area contributed by atoms with E-state index in [1.807, 2.05) is 0 Å². The van der Waals surface area contributed by atoms with Crippen LogP contribution in [0.4, 0.5) is 35.1 Å². The van der Waals surface area contributed by atoms with Crippen molar-refractivity contribution in [2.24, 2.45) is 5.14 Å². The van der Waals surface area contributed by atoms with Gasteiger partial charge in [-0.3, -0.25) is 0 Å². The van der Waals surface area contributed by atoms with Crippen LogP contribution < -0.4 is 9.88 Å². The Hall–Kier alpha value is -3.20. The lowest BCUT2D eigenvalue weighted by Gasteiger charge is -2.13. The second kappa shape index (κ2) is 7.98. The fraction of sp³-hybridized carbons (Fsp3) is 0.167. The van der Waals surface area contributed by atoms with Gasteiger partial charge in [-0.05, 0) is 30.7 Å². The molecule has 33 heavy (non-hydrogen) atoms. The first kappa shape index (κ1) is 24.4. The zero-order valence-corrected chi connectivity index (χ0v) is 16.8. The van der Waals surface area contributed by atoms with E-state index in [1.165, 1.54) is 6.92 Å². The lowest BCUT2D eigenvalue weighted by molar-refractivity contribution is -0.274. The average molecular weight is 502 g/mol. The quantitative estimate of drug-likeness (QED) is 0.498. The summed E-state index contributed by atoms with van der Waals surface area (Å²) in [6, 6.07) is 2.97. The minimum absolute atomic E-state index is 0.0492. The molecule has 0 aliphatic carbocycles. The highest BCUT2D eigenvalue weighted by molar-refractivity contribution is 7.89. The molecule has 178 valence electrons. The Kier molecular flexibility index (Phi) is 5.91. The molecule has 0 radical (unpaired) electrons. The maximum atomic E-state index is 14.7. The summed E-state index contributed by atoms with van der Waals surface area (Å²) in [5, 5.41) is 7.92. The first-order valence-electron chi connectivity index (χ1n) is 8.45. The zero-order valence-electron chi connectivity index (χ0n) is 16.0. The second-order valence-corrected chi connectivity index (χ2v) is 8.10. The topological polar surface area (TPSA) is 95.4 Å². The fourth-order valence-electron chi connectivity index (χ4n) is 2.85. The summed E-state index contributed by atoms with van der Waals surface area (Å²) in [6.45, 7) is 1.22. The van der Waals surface area contributed by atoms with Crippen molar-refractivity contribution in [1.82, 2.24) is 5.16 Å². The molecular weight excluding hydrogens is 492 g/mol. The smallest absolute Gasteiger partial charge is 0.405 e. The molecule has 1 heterocycles. The van der Waals surface area contributed by atoms with Gasteiger partial charge in [0.25, 0.3) is 0 Å². The summed E-state index contributed by atoms with van der Waals surface area (Å²) >= 11 is 0. The highest BCUT2D eigenvalue weighted by Gasteiger charge is 2.42. The molecule has 6 nitrogen and oxygen atoms in total. The van der Waals surface area contributed by atoms with Crippen LogP contribution in [0.15, 0.2) is 39.8 Å². The summed E-state index contributed by atoms with van der Waals surface area (Å²) < 4.78 is 138. The number of sulfonamides is 1. The molecule has 2 aromatic carbocycles. The third-order valence-corrected chi connectivity index (χ3v) is 5.16. The molecule has 0 spiro atoms. The van der Waals surface area contributed by atoms with Crippen LogP contribution in [0.1, 0.15) is 11.3 Å². The average Bonchev–Trinajstić information content (AvgIpc) is 3.08. The predicted octanol–water partition coefficient (Wildman–Crippen LogP) is 5.16. The Morgan fingerprint density at radius 2 is 1.64 bits per heavy atom. The number of halogens is 8. The van der Waals surface area contributed by atoms with Crippen molar-refractivity contribution in [3.63, 3.8) is 0 Å². The van der Waals surface area contributed by atoms with Crippen LogP contribution in [0.25, 0.3) is 22.4 Å². The van der Waals surface area contributed by atoms with Crippen LogP contribution in [0, 0.1) is 18.6 Å². The van der Waals surface area contributed by atoms with Crippen LogP contribution in [0.3, 0.4) is 0 Å². The Labute approximate surface area is 179 Å². The molecule has 0 saturated heterocycles. The van der Waals surface area contributed by atoms with Crippen molar-refractivity contribution in [2.75, 3.05) is 0 Å². The normalized spacial score (nSPS) is 12.8. The maximum Gasteiger partial charge on any atom is 0.573 e. The molecule has 0 bridgehead atoms. The molecule has 0 aliphatic rings. The largest absolute Gasteiger partial charge is 0.573 e. The number of aryl methyl sites for hydroxylation is 1. The van der Waals surface area contributed by atoms with Gasteiger partial charge in [0.2, 0.25) is 15.8 Å². The number of nitrogens with two attached hydrogens (primary N) is 1. The number of hydrogen-bond acceptors (Lipinski definition) is 5. The molecule has 0 atom stereocenters. The standard InChI is InChI=1S/C18H10F8N2O4S/c1-7-2-3-8(4-12(7)31-18(24,25)26)15-14(16(32-28-15)17(21,22)23)9-5-11(20)13(6-10(9)19)33(27,29)30/h2-6H,1H3,(H2,27,29,30). The lowest BCUT2D eigenvalue weighted by atomic mass is 9.97. The first-order chi connectivity index (χ1) is 15.0. The Morgan fingerprint density at radius 3 is 2.18 bits per heavy atom. The number of rotatable bonds is 4. The fourth-order valence-corrected chi connectivity index (χ4v) is 3.45. The molecule has 0 fully saturated rings. The SMILES string of the molecule is Cc1ccc(-c2noc(C(F)(F)F)c2-c2cc(F)c(S(N)(=O)=O)cc2F)cc1OC(F)(F)F. The van der Waals surface area contributed by atoms with Gasteiger partial charge >= 0.3 is 12.5 Å². The monoisotopic (exact) mass is 502 g/mol. The Morgan fingerprint density at radius 1 is 1.00 bits per heavy atom. The van der Waals surface area contributed by atoms with Gasteiger partial charge < -0.3 is 9.26 Å². The van der Waals surface area contributed by atoms with Crippen molar-refractivity contribution in [3.8, 4) is 28.1 Å². The van der Waals surface area contributed by atoms with Crippen molar-refractivity contribution in [2.45, 2.75) is 24.4 Å². The molecule has 0 saturated carbocycles. The van der Waals surface area contributed by atoms with Crippen molar-refractivity contribution in [3.05, 3.63) is 53.3 Å². The van der Waals surface area contributed by atoms with Crippen molar-refractivity contribution in [1.29, 1.82) is 0 Å². The van der Waals surface area contributed by atoms with E-state index in [4.69, 9.17) is 5.14 Å². The molecule has 0 aliphatic heterocycles. The van der Waals surface area contributed by atoms with E-state index < -0.39 is 73.0 Å². The maximum absolute atomic E-state index is 14.7. The van der Waals surface area contributed by atoms with Gasteiger partial charge in [-0.25, -0.2) is 22.3 Å². The number of alkyl halides is 6. The number of primary sulfonamides is 1. The molecule has 2 N–H and O–H groups in total. The molecule has 0 amide bonds. The van der Waals surface area contributed by atoms with Gasteiger partial charge in [0.05, 0.1) is 5.56 Å². The van der Waals surface area contributed by atoms with Crippen LogP contribution in [0.2, 0.25) is 0 Å². The third-order valence-electron chi connectivity index (χ3n) is 4.23. The lowest BCUT2D eigenvalue weighted by Crippen LogP contribution is -2.17. The van der Waals surface area contributed by atoms with E-state index in [0.717, 1.165) is 12.1 Å². The van der Waals surface area contributed by atoms with E-state index in [1.54, 1.807) is 0 Å². The number of aromatic nitrogens is 1. The van der Waals surface area contributed by atoms with Crippen LogP contribution >= 0.6 is 0 Å². The van der Waals surface area contributed by atoms with Crippen LogP contribution in [-0.4, -0.2) is 19.9 Å². The number of benzene rings is 2. The second-order valence-electron chi connectivity index (χ2n) is 6.57. The van der Waals surface area contributed by atoms with E-state index in [-0.39, 0.29) is 17.7 Å². The van der Waals surface area contributed by atoms with E-state index >= 15 is 0 Å². The van der Waals surface area contributed by atoms with Gasteiger partial charge in [-0.2, -0.15) is 13.2 Å². The van der Waals surface area contributed by atoms with Gasteiger partial charge in [-0.1, -0.05) is 17.3 Å². The first-order valence-corrected chi connectivity index (χ1v) is 9.99. The van der Waals surface area contributed by atoms with Gasteiger partial charge in [0.1, 0.15) is 28.0 Å². The minimum atomic E-state index is -5.29. The molecule has 3 rings (SSSR count). The number of hydrogen-bond donors (Lipinski definition) is 1. The van der Waals surface area contributed by atoms with E-state index in [9.17, 15) is 43.5 Å². The minimum Gasteiger partial charge on any atom is -0.405 e.